The highest BCUT2D eigenvalue weighted by Gasteiger charge is 2.42. The molecule has 1 heterocycles. The van der Waals surface area contributed by atoms with E-state index in [9.17, 15) is 19.7 Å². The van der Waals surface area contributed by atoms with Crippen LogP contribution in [0.4, 0.5) is 5.69 Å². The fourth-order valence-electron chi connectivity index (χ4n) is 3.28. The summed E-state index contributed by atoms with van der Waals surface area (Å²) in [4.78, 5) is 36.0. The van der Waals surface area contributed by atoms with Gasteiger partial charge in [0.05, 0.1) is 17.8 Å². The summed E-state index contributed by atoms with van der Waals surface area (Å²) in [6.07, 6.45) is 3.11. The minimum Gasteiger partial charge on any atom is -0.465 e. The predicted octanol–water partition coefficient (Wildman–Crippen LogP) is 3.51. The number of esters is 1. The van der Waals surface area contributed by atoms with Crippen molar-refractivity contribution in [2.45, 2.75) is 19.3 Å². The molecule has 0 saturated heterocycles. The van der Waals surface area contributed by atoms with Crippen molar-refractivity contribution >= 4 is 23.0 Å². The molecule has 0 saturated carbocycles. The van der Waals surface area contributed by atoms with E-state index in [-0.39, 0.29) is 18.7 Å². The molecule has 0 N–H and O–H groups in total. The highest BCUT2D eigenvalue weighted by Crippen LogP contribution is 2.43. The summed E-state index contributed by atoms with van der Waals surface area (Å²) in [5, 5.41) is 11.4. The Morgan fingerprint density at radius 3 is 2.73 bits per heavy atom. The maximum Gasteiger partial charge on any atom is 0.317 e. The molecule has 7 nitrogen and oxygen atoms in total. The summed E-state index contributed by atoms with van der Waals surface area (Å²) in [5.41, 5.74) is 0.810. The van der Waals surface area contributed by atoms with Gasteiger partial charge in [-0.25, -0.2) is 0 Å². The number of allylic oxidation sites excluding steroid dienone is 2. The van der Waals surface area contributed by atoms with Crippen LogP contribution >= 0.6 is 0 Å². The molecule has 0 spiro atoms. The molecule has 0 bridgehead atoms. The van der Waals surface area contributed by atoms with Crippen LogP contribution in [0.5, 0.6) is 0 Å². The summed E-state index contributed by atoms with van der Waals surface area (Å²) >= 11 is 0. The van der Waals surface area contributed by atoms with Crippen molar-refractivity contribution in [1.82, 2.24) is 0 Å². The highest BCUT2D eigenvalue weighted by molar-refractivity contribution is 6.10. The number of carbonyl (C=O) groups is 2. The SMILES string of the molecule is CCOC(=O)C1C(=O)C=C(c2ccco2)CC1c1ccccc1[N+](=O)[O-]. The Hall–Kier alpha value is -3.22. The second-order valence-corrected chi connectivity index (χ2v) is 5.91. The van der Waals surface area contributed by atoms with E-state index in [1.807, 2.05) is 0 Å². The van der Waals surface area contributed by atoms with E-state index < -0.39 is 28.5 Å². The van der Waals surface area contributed by atoms with Crippen LogP contribution in [0.2, 0.25) is 0 Å². The molecule has 2 atom stereocenters. The van der Waals surface area contributed by atoms with Crippen molar-refractivity contribution < 1.29 is 23.7 Å². The smallest absolute Gasteiger partial charge is 0.317 e. The van der Waals surface area contributed by atoms with Crippen LogP contribution in [0.15, 0.2) is 53.2 Å². The van der Waals surface area contributed by atoms with Gasteiger partial charge in [0.1, 0.15) is 11.7 Å². The topological polar surface area (TPSA) is 99.7 Å². The molecule has 26 heavy (non-hydrogen) atoms. The summed E-state index contributed by atoms with van der Waals surface area (Å²) in [5.74, 6) is -2.42. The number of nitro benzene ring substituents is 1. The van der Waals surface area contributed by atoms with Crippen LogP contribution in [0.25, 0.3) is 5.57 Å². The van der Waals surface area contributed by atoms with Gasteiger partial charge in [-0.05, 0) is 37.1 Å². The van der Waals surface area contributed by atoms with Crippen LogP contribution in [0, 0.1) is 16.0 Å². The fourth-order valence-corrected chi connectivity index (χ4v) is 3.28. The van der Waals surface area contributed by atoms with Gasteiger partial charge in [0.15, 0.2) is 5.78 Å². The predicted molar refractivity (Wildman–Crippen MR) is 92.3 cm³/mol. The number of ketones is 1. The number of hydrogen-bond acceptors (Lipinski definition) is 6. The quantitative estimate of drug-likeness (QED) is 0.352. The van der Waals surface area contributed by atoms with E-state index >= 15 is 0 Å². The minimum absolute atomic E-state index is 0.125. The van der Waals surface area contributed by atoms with Gasteiger partial charge < -0.3 is 9.15 Å². The largest absolute Gasteiger partial charge is 0.465 e. The van der Waals surface area contributed by atoms with Crippen LogP contribution in [0.3, 0.4) is 0 Å². The van der Waals surface area contributed by atoms with Crippen LogP contribution in [0.1, 0.15) is 30.6 Å². The second-order valence-electron chi connectivity index (χ2n) is 5.91. The molecule has 1 aliphatic carbocycles. The lowest BCUT2D eigenvalue weighted by Gasteiger charge is -2.28. The Balaban J connectivity index is 2.09. The average Bonchev–Trinajstić information content (AvgIpc) is 3.15. The third-order valence-electron chi connectivity index (χ3n) is 4.38. The molecule has 0 radical (unpaired) electrons. The number of para-hydroxylation sites is 1. The first-order valence-corrected chi connectivity index (χ1v) is 8.21. The van der Waals surface area contributed by atoms with E-state index in [1.54, 1.807) is 37.3 Å². The molecule has 2 aromatic rings. The van der Waals surface area contributed by atoms with Gasteiger partial charge in [0.25, 0.3) is 5.69 Å². The van der Waals surface area contributed by atoms with E-state index in [0.717, 1.165) is 0 Å². The lowest BCUT2D eigenvalue weighted by atomic mass is 9.74. The molecule has 0 amide bonds. The van der Waals surface area contributed by atoms with Crippen LogP contribution < -0.4 is 0 Å². The first-order chi connectivity index (χ1) is 12.5. The van der Waals surface area contributed by atoms with Crippen molar-refractivity contribution in [1.29, 1.82) is 0 Å². The van der Waals surface area contributed by atoms with Crippen LogP contribution in [-0.4, -0.2) is 23.3 Å². The molecular formula is C19H17NO6. The number of hydrogen-bond donors (Lipinski definition) is 0. The van der Waals surface area contributed by atoms with Gasteiger partial charge in [-0.15, -0.1) is 0 Å². The highest BCUT2D eigenvalue weighted by atomic mass is 16.6. The zero-order valence-electron chi connectivity index (χ0n) is 14.1. The molecule has 3 rings (SSSR count). The molecule has 1 aromatic heterocycles. The third kappa shape index (κ3) is 3.28. The molecule has 0 fully saturated rings. The lowest BCUT2D eigenvalue weighted by Crippen LogP contribution is -2.34. The van der Waals surface area contributed by atoms with E-state index in [2.05, 4.69) is 0 Å². The number of nitro groups is 1. The molecule has 2 unspecified atom stereocenters. The lowest BCUT2D eigenvalue weighted by molar-refractivity contribution is -0.385. The standard InChI is InChI=1S/C19H17NO6/c1-2-25-19(22)18-14(13-6-3-4-7-15(13)20(23)24)10-12(11-16(18)21)17-8-5-9-26-17/h3-9,11,14,18H,2,10H2,1H3. The summed E-state index contributed by atoms with van der Waals surface area (Å²) < 4.78 is 10.4. The van der Waals surface area contributed by atoms with Gasteiger partial charge in [-0.1, -0.05) is 18.2 Å². The third-order valence-corrected chi connectivity index (χ3v) is 4.38. The molecule has 7 heteroatoms. The van der Waals surface area contributed by atoms with Crippen molar-refractivity contribution in [3.63, 3.8) is 0 Å². The number of carbonyl (C=O) groups excluding carboxylic acids is 2. The Morgan fingerprint density at radius 1 is 1.31 bits per heavy atom. The van der Waals surface area contributed by atoms with Gasteiger partial charge >= 0.3 is 5.97 Å². The average molecular weight is 355 g/mol. The van der Waals surface area contributed by atoms with E-state index in [1.165, 1.54) is 18.4 Å². The van der Waals surface area contributed by atoms with Crippen molar-refractivity contribution in [3.8, 4) is 0 Å². The maximum atomic E-state index is 12.7. The summed E-state index contributed by atoms with van der Waals surface area (Å²) in [6, 6.07) is 9.55. The van der Waals surface area contributed by atoms with Crippen LogP contribution in [-0.2, 0) is 14.3 Å². The molecule has 0 aliphatic heterocycles. The Kier molecular flexibility index (Phi) is 4.97. The summed E-state index contributed by atoms with van der Waals surface area (Å²) in [7, 11) is 0. The molecule has 1 aliphatic rings. The van der Waals surface area contributed by atoms with E-state index in [0.29, 0.717) is 16.9 Å². The molecule has 1 aromatic carbocycles. The van der Waals surface area contributed by atoms with E-state index in [4.69, 9.17) is 9.15 Å². The number of ether oxygens (including phenoxy) is 1. The Morgan fingerprint density at radius 2 is 2.08 bits per heavy atom. The normalized spacial score (nSPS) is 19.7. The maximum absolute atomic E-state index is 12.7. The van der Waals surface area contributed by atoms with Crippen molar-refractivity contribution in [3.05, 3.63) is 70.2 Å². The zero-order valence-corrected chi connectivity index (χ0v) is 14.1. The first kappa shape index (κ1) is 17.6. The number of rotatable bonds is 5. The van der Waals surface area contributed by atoms with Crippen molar-refractivity contribution in [2.24, 2.45) is 5.92 Å². The summed E-state index contributed by atoms with van der Waals surface area (Å²) in [6.45, 7) is 1.77. The van der Waals surface area contributed by atoms with Crippen molar-refractivity contribution in [2.75, 3.05) is 6.61 Å². The number of nitrogens with zero attached hydrogens (tertiary/aromatic N) is 1. The van der Waals surface area contributed by atoms with Gasteiger partial charge in [0.2, 0.25) is 0 Å². The minimum atomic E-state index is -1.12. The van der Waals surface area contributed by atoms with Gasteiger partial charge in [0, 0.05) is 17.5 Å². The fraction of sp³-hybridized carbons (Fsp3) is 0.263. The zero-order chi connectivity index (χ0) is 18.7. The second kappa shape index (κ2) is 7.35. The van der Waals surface area contributed by atoms with Gasteiger partial charge in [-0.3, -0.25) is 19.7 Å². The molecular weight excluding hydrogens is 338 g/mol. The number of furan rings is 1. The molecule has 134 valence electrons. The Bertz CT molecular complexity index is 868. The number of benzene rings is 1. The Labute approximate surface area is 149 Å². The monoisotopic (exact) mass is 355 g/mol. The van der Waals surface area contributed by atoms with Gasteiger partial charge in [-0.2, -0.15) is 0 Å². The first-order valence-electron chi connectivity index (χ1n) is 8.21.